The second-order valence-corrected chi connectivity index (χ2v) is 3.11. The third-order valence-electron chi connectivity index (χ3n) is 1.92. The maximum absolute atomic E-state index is 4.97. The summed E-state index contributed by atoms with van der Waals surface area (Å²) in [5.74, 6) is 0. The number of nitrogens with one attached hydrogen (secondary N) is 2. The molecule has 0 unspecified atom stereocenters. The highest BCUT2D eigenvalue weighted by molar-refractivity contribution is 7.80. The molecule has 1 fully saturated rings. The Kier molecular flexibility index (Phi) is 2.93. The van der Waals surface area contributed by atoms with E-state index >= 15 is 0 Å². The molecule has 0 radical (unpaired) electrons. The van der Waals surface area contributed by atoms with Crippen molar-refractivity contribution in [3.05, 3.63) is 0 Å². The van der Waals surface area contributed by atoms with Crippen LogP contribution in [0.25, 0.3) is 0 Å². The van der Waals surface area contributed by atoms with Crippen molar-refractivity contribution in [3.8, 4) is 0 Å². The molecule has 3 heteroatoms. The van der Waals surface area contributed by atoms with E-state index in [2.05, 4.69) is 10.6 Å². The molecule has 58 valence electrons. The van der Waals surface area contributed by atoms with Gasteiger partial charge in [0.15, 0.2) is 5.11 Å². The van der Waals surface area contributed by atoms with Crippen LogP contribution in [-0.2, 0) is 0 Å². The van der Waals surface area contributed by atoms with Gasteiger partial charge >= 0.3 is 0 Å². The van der Waals surface area contributed by atoms with Gasteiger partial charge < -0.3 is 10.6 Å². The molecule has 0 amide bonds. The van der Waals surface area contributed by atoms with Crippen LogP contribution in [0, 0.1) is 0 Å². The van der Waals surface area contributed by atoms with E-state index in [1.807, 2.05) is 7.05 Å². The summed E-state index contributed by atoms with van der Waals surface area (Å²) >= 11 is 4.97. The SMILES string of the molecule is CNC(=S)NC1CCCC1. The Labute approximate surface area is 67.4 Å². The highest BCUT2D eigenvalue weighted by Crippen LogP contribution is 2.17. The molecule has 0 aromatic heterocycles. The lowest BCUT2D eigenvalue weighted by Crippen LogP contribution is -2.38. The van der Waals surface area contributed by atoms with E-state index < -0.39 is 0 Å². The minimum atomic E-state index is 0.639. The molecule has 0 heterocycles. The number of thiocarbonyl (C=S) groups is 1. The molecule has 1 aliphatic rings. The van der Waals surface area contributed by atoms with Crippen molar-refractivity contribution in [1.82, 2.24) is 10.6 Å². The largest absolute Gasteiger partial charge is 0.366 e. The van der Waals surface area contributed by atoms with E-state index in [9.17, 15) is 0 Å². The first kappa shape index (κ1) is 7.79. The van der Waals surface area contributed by atoms with E-state index in [-0.39, 0.29) is 0 Å². The fourth-order valence-electron chi connectivity index (χ4n) is 1.33. The molecule has 2 nitrogen and oxygen atoms in total. The molecule has 1 rings (SSSR count). The number of hydrogen-bond acceptors (Lipinski definition) is 1. The molecule has 0 aromatic carbocycles. The Morgan fingerprint density at radius 3 is 2.50 bits per heavy atom. The van der Waals surface area contributed by atoms with Crippen molar-refractivity contribution in [1.29, 1.82) is 0 Å². The van der Waals surface area contributed by atoms with Crippen molar-refractivity contribution < 1.29 is 0 Å². The molecule has 1 aliphatic carbocycles. The smallest absolute Gasteiger partial charge is 0.166 e. The van der Waals surface area contributed by atoms with Gasteiger partial charge in [-0.2, -0.15) is 0 Å². The first-order valence-electron chi connectivity index (χ1n) is 3.81. The summed E-state index contributed by atoms with van der Waals surface area (Å²) < 4.78 is 0. The molecule has 10 heavy (non-hydrogen) atoms. The molecule has 2 N–H and O–H groups in total. The highest BCUT2D eigenvalue weighted by atomic mass is 32.1. The second kappa shape index (κ2) is 3.76. The first-order chi connectivity index (χ1) is 4.83. The van der Waals surface area contributed by atoms with Crippen LogP contribution in [0.15, 0.2) is 0 Å². The van der Waals surface area contributed by atoms with Crippen LogP contribution in [-0.4, -0.2) is 18.2 Å². The monoisotopic (exact) mass is 158 g/mol. The molecule has 1 saturated carbocycles. The van der Waals surface area contributed by atoms with Crippen molar-refractivity contribution in [3.63, 3.8) is 0 Å². The van der Waals surface area contributed by atoms with Crippen LogP contribution >= 0.6 is 12.2 Å². The van der Waals surface area contributed by atoms with Gasteiger partial charge in [0.05, 0.1) is 0 Å². The Bertz CT molecular complexity index is 119. The summed E-state index contributed by atoms with van der Waals surface area (Å²) in [5.41, 5.74) is 0. The molecule has 0 aliphatic heterocycles. The van der Waals surface area contributed by atoms with Gasteiger partial charge in [-0.15, -0.1) is 0 Å². The third-order valence-corrected chi connectivity index (χ3v) is 2.24. The number of hydrogen-bond donors (Lipinski definition) is 2. The second-order valence-electron chi connectivity index (χ2n) is 2.70. The van der Waals surface area contributed by atoms with Crippen molar-refractivity contribution >= 4 is 17.3 Å². The summed E-state index contributed by atoms with van der Waals surface area (Å²) in [6.07, 6.45) is 5.26. The fourth-order valence-corrected chi connectivity index (χ4v) is 1.49. The standard InChI is InChI=1S/C7H14N2S/c1-8-7(10)9-6-4-2-3-5-6/h6H,2-5H2,1H3,(H2,8,9,10). The van der Waals surface area contributed by atoms with E-state index in [0.29, 0.717) is 6.04 Å². The predicted molar refractivity (Wildman–Crippen MR) is 47.0 cm³/mol. The van der Waals surface area contributed by atoms with Gasteiger partial charge in [0, 0.05) is 13.1 Å². The van der Waals surface area contributed by atoms with Crippen LogP contribution in [0.4, 0.5) is 0 Å². The minimum Gasteiger partial charge on any atom is -0.366 e. The quantitative estimate of drug-likeness (QED) is 0.557. The van der Waals surface area contributed by atoms with Crippen molar-refractivity contribution in [2.75, 3.05) is 7.05 Å². The lowest BCUT2D eigenvalue weighted by Gasteiger charge is -2.12. The maximum Gasteiger partial charge on any atom is 0.166 e. The number of rotatable bonds is 1. The van der Waals surface area contributed by atoms with Gasteiger partial charge in [-0.1, -0.05) is 12.8 Å². The highest BCUT2D eigenvalue weighted by Gasteiger charge is 2.14. The summed E-state index contributed by atoms with van der Waals surface area (Å²) in [6, 6.07) is 0.639. The van der Waals surface area contributed by atoms with Gasteiger partial charge in [-0.05, 0) is 25.1 Å². The summed E-state index contributed by atoms with van der Waals surface area (Å²) in [7, 11) is 1.85. The van der Waals surface area contributed by atoms with Crippen molar-refractivity contribution in [2.45, 2.75) is 31.7 Å². The topological polar surface area (TPSA) is 24.1 Å². The summed E-state index contributed by atoms with van der Waals surface area (Å²) in [6.45, 7) is 0. The zero-order valence-corrected chi connectivity index (χ0v) is 7.13. The Balaban J connectivity index is 2.17. The molecule has 0 aromatic rings. The van der Waals surface area contributed by atoms with Crippen molar-refractivity contribution in [2.24, 2.45) is 0 Å². The van der Waals surface area contributed by atoms with E-state index in [1.54, 1.807) is 0 Å². The fraction of sp³-hybridized carbons (Fsp3) is 0.857. The normalized spacial score (nSPS) is 18.9. The van der Waals surface area contributed by atoms with Gasteiger partial charge in [-0.3, -0.25) is 0 Å². The Morgan fingerprint density at radius 2 is 2.00 bits per heavy atom. The summed E-state index contributed by atoms with van der Waals surface area (Å²) in [5, 5.41) is 6.95. The lowest BCUT2D eigenvalue weighted by molar-refractivity contribution is 0.626. The zero-order valence-electron chi connectivity index (χ0n) is 6.31. The maximum atomic E-state index is 4.97. The van der Waals surface area contributed by atoms with Crippen LogP contribution < -0.4 is 10.6 Å². The van der Waals surface area contributed by atoms with Gasteiger partial charge in [0.1, 0.15) is 0 Å². The van der Waals surface area contributed by atoms with E-state index in [4.69, 9.17) is 12.2 Å². The van der Waals surface area contributed by atoms with E-state index in [1.165, 1.54) is 25.7 Å². The molecular formula is C7H14N2S. The molecule has 0 atom stereocenters. The van der Waals surface area contributed by atoms with Gasteiger partial charge in [0.2, 0.25) is 0 Å². The first-order valence-corrected chi connectivity index (χ1v) is 4.22. The molecular weight excluding hydrogens is 144 g/mol. The van der Waals surface area contributed by atoms with E-state index in [0.717, 1.165) is 5.11 Å². The Morgan fingerprint density at radius 1 is 1.40 bits per heavy atom. The average molecular weight is 158 g/mol. The van der Waals surface area contributed by atoms with Gasteiger partial charge in [-0.25, -0.2) is 0 Å². The van der Waals surface area contributed by atoms with Crippen LogP contribution in [0.5, 0.6) is 0 Å². The van der Waals surface area contributed by atoms with Crippen LogP contribution in [0.3, 0.4) is 0 Å². The van der Waals surface area contributed by atoms with Crippen LogP contribution in [0.1, 0.15) is 25.7 Å². The zero-order chi connectivity index (χ0) is 7.40. The Hall–Kier alpha value is -0.310. The minimum absolute atomic E-state index is 0.639. The van der Waals surface area contributed by atoms with Gasteiger partial charge in [0.25, 0.3) is 0 Å². The molecule has 0 bridgehead atoms. The average Bonchev–Trinajstić information content (AvgIpc) is 2.40. The third kappa shape index (κ3) is 2.14. The lowest BCUT2D eigenvalue weighted by atomic mass is 10.3. The van der Waals surface area contributed by atoms with Crippen LogP contribution in [0.2, 0.25) is 0 Å². The summed E-state index contributed by atoms with van der Waals surface area (Å²) in [4.78, 5) is 0. The predicted octanol–water partition coefficient (Wildman–Crippen LogP) is 1.02. The molecule has 0 spiro atoms. The molecule has 0 saturated heterocycles.